The van der Waals surface area contributed by atoms with Crippen molar-refractivity contribution in [3.63, 3.8) is 0 Å². The van der Waals surface area contributed by atoms with Gasteiger partial charge in [-0.3, -0.25) is 0 Å². The van der Waals surface area contributed by atoms with Gasteiger partial charge in [-0.05, 0) is 55.6 Å². The number of benzene rings is 2. The Labute approximate surface area is 130 Å². The van der Waals surface area contributed by atoms with Gasteiger partial charge in [-0.25, -0.2) is 0 Å². The van der Waals surface area contributed by atoms with Crippen molar-refractivity contribution in [2.45, 2.75) is 13.2 Å². The van der Waals surface area contributed by atoms with E-state index in [2.05, 4.69) is 61.4 Å². The van der Waals surface area contributed by atoms with Crippen LogP contribution in [0.25, 0.3) is 0 Å². The summed E-state index contributed by atoms with van der Waals surface area (Å²) in [7, 11) is 1.71. The zero-order valence-electron chi connectivity index (χ0n) is 10.6. The first-order chi connectivity index (χ1) is 9.20. The van der Waals surface area contributed by atoms with E-state index in [0.29, 0.717) is 6.61 Å². The molecule has 1 N–H and O–H groups in total. The molecular weight excluding hydrogens is 370 g/mol. The van der Waals surface area contributed by atoms with Crippen molar-refractivity contribution in [1.82, 2.24) is 0 Å². The molecule has 0 fully saturated rings. The molecule has 2 aromatic carbocycles. The molecule has 0 saturated carbocycles. The van der Waals surface area contributed by atoms with Gasteiger partial charge >= 0.3 is 0 Å². The lowest BCUT2D eigenvalue weighted by molar-refractivity contribution is 0.185. The van der Waals surface area contributed by atoms with Gasteiger partial charge in [0.1, 0.15) is 0 Å². The predicted molar refractivity (Wildman–Crippen MR) is 86.3 cm³/mol. The Balaban J connectivity index is 2.07. The minimum atomic E-state index is 0.618. The summed E-state index contributed by atoms with van der Waals surface area (Å²) in [5, 5.41) is 3.44. The van der Waals surface area contributed by atoms with E-state index in [4.69, 9.17) is 4.74 Å². The number of methoxy groups -OCH3 is 1. The molecule has 2 aromatic rings. The third-order valence-corrected chi connectivity index (χ3v) is 4.66. The van der Waals surface area contributed by atoms with Crippen LogP contribution in [0.4, 0.5) is 5.69 Å². The number of ether oxygens (including phenoxy) is 1. The molecule has 100 valence electrons. The number of hydrogen-bond acceptors (Lipinski definition) is 2. The van der Waals surface area contributed by atoms with Crippen LogP contribution in [0.1, 0.15) is 11.1 Å². The maximum atomic E-state index is 5.20. The second-order valence-electron chi connectivity index (χ2n) is 4.19. The smallest absolute Gasteiger partial charge is 0.0733 e. The number of hydrogen-bond donors (Lipinski definition) is 1. The van der Waals surface area contributed by atoms with Crippen LogP contribution in [0.15, 0.2) is 51.4 Å². The van der Waals surface area contributed by atoms with Crippen LogP contribution in [0.3, 0.4) is 0 Å². The number of rotatable bonds is 5. The molecule has 19 heavy (non-hydrogen) atoms. The van der Waals surface area contributed by atoms with Crippen LogP contribution in [-0.2, 0) is 17.9 Å². The van der Waals surface area contributed by atoms with Gasteiger partial charge in [-0.1, -0.05) is 24.3 Å². The number of para-hydroxylation sites is 1. The molecule has 0 radical (unpaired) electrons. The maximum Gasteiger partial charge on any atom is 0.0733 e. The third-order valence-electron chi connectivity index (χ3n) is 2.78. The van der Waals surface area contributed by atoms with Crippen LogP contribution in [0.2, 0.25) is 0 Å². The van der Waals surface area contributed by atoms with Crippen molar-refractivity contribution in [3.8, 4) is 0 Å². The molecule has 0 saturated heterocycles. The van der Waals surface area contributed by atoms with Gasteiger partial charge < -0.3 is 10.1 Å². The Hall–Kier alpha value is -0.840. The van der Waals surface area contributed by atoms with Crippen molar-refractivity contribution in [2.24, 2.45) is 0 Å². The number of halogens is 2. The summed E-state index contributed by atoms with van der Waals surface area (Å²) in [6.45, 7) is 1.40. The Morgan fingerprint density at radius 3 is 2.58 bits per heavy atom. The normalized spacial score (nSPS) is 10.5. The molecule has 0 heterocycles. The van der Waals surface area contributed by atoms with Crippen LogP contribution < -0.4 is 5.32 Å². The summed E-state index contributed by atoms with van der Waals surface area (Å²) < 4.78 is 7.33. The van der Waals surface area contributed by atoms with Gasteiger partial charge in [0.2, 0.25) is 0 Å². The van der Waals surface area contributed by atoms with Gasteiger partial charge in [-0.15, -0.1) is 0 Å². The van der Waals surface area contributed by atoms with Gasteiger partial charge in [0.05, 0.1) is 6.61 Å². The van der Waals surface area contributed by atoms with Gasteiger partial charge in [0.15, 0.2) is 0 Å². The highest BCUT2D eigenvalue weighted by molar-refractivity contribution is 9.13. The highest BCUT2D eigenvalue weighted by Gasteiger charge is 2.02. The number of nitrogens with one attached hydrogen (secondary N) is 1. The lowest BCUT2D eigenvalue weighted by Gasteiger charge is -2.12. The van der Waals surface area contributed by atoms with Crippen molar-refractivity contribution in [1.29, 1.82) is 0 Å². The molecule has 2 rings (SSSR count). The summed E-state index contributed by atoms with van der Waals surface area (Å²) in [5.74, 6) is 0. The Kier molecular flexibility index (Phi) is 5.43. The molecule has 0 atom stereocenters. The van der Waals surface area contributed by atoms with Crippen molar-refractivity contribution in [3.05, 3.63) is 62.5 Å². The van der Waals surface area contributed by atoms with Gasteiger partial charge in [0.25, 0.3) is 0 Å². The van der Waals surface area contributed by atoms with Crippen LogP contribution in [0.5, 0.6) is 0 Å². The Bertz CT molecular complexity index is 558. The minimum absolute atomic E-state index is 0.618. The largest absolute Gasteiger partial charge is 0.381 e. The summed E-state index contributed by atoms with van der Waals surface area (Å²) in [5.41, 5.74) is 3.51. The van der Waals surface area contributed by atoms with Crippen LogP contribution in [0, 0.1) is 0 Å². The van der Waals surface area contributed by atoms with E-state index in [9.17, 15) is 0 Å². The summed E-state index contributed by atoms with van der Waals surface area (Å²) >= 11 is 6.99. The first kappa shape index (κ1) is 14.6. The summed E-state index contributed by atoms with van der Waals surface area (Å²) in [6.07, 6.45) is 0. The quantitative estimate of drug-likeness (QED) is 0.785. The molecule has 0 spiro atoms. The van der Waals surface area contributed by atoms with Gasteiger partial charge in [0, 0.05) is 33.9 Å². The van der Waals surface area contributed by atoms with E-state index < -0.39 is 0 Å². The summed E-state index contributed by atoms with van der Waals surface area (Å²) in [6, 6.07) is 14.4. The average Bonchev–Trinajstić information content (AvgIpc) is 2.42. The molecule has 0 bridgehead atoms. The van der Waals surface area contributed by atoms with Crippen LogP contribution in [-0.4, -0.2) is 7.11 Å². The van der Waals surface area contributed by atoms with Gasteiger partial charge in [-0.2, -0.15) is 0 Å². The molecule has 0 aliphatic rings. The van der Waals surface area contributed by atoms with Crippen molar-refractivity contribution >= 4 is 37.5 Å². The topological polar surface area (TPSA) is 21.3 Å². The molecule has 0 aliphatic carbocycles. The molecule has 4 heteroatoms. The SMILES string of the molecule is COCc1ccccc1NCc1ccc(Br)c(Br)c1. The van der Waals surface area contributed by atoms with Crippen molar-refractivity contribution < 1.29 is 4.74 Å². The van der Waals surface area contributed by atoms with E-state index in [1.807, 2.05) is 18.2 Å². The van der Waals surface area contributed by atoms with E-state index in [0.717, 1.165) is 21.2 Å². The molecular formula is C15H15Br2NO. The lowest BCUT2D eigenvalue weighted by Crippen LogP contribution is -2.03. The predicted octanol–water partition coefficient (Wildman–Crippen LogP) is 4.97. The monoisotopic (exact) mass is 383 g/mol. The molecule has 0 aromatic heterocycles. The number of anilines is 1. The third kappa shape index (κ3) is 4.06. The fourth-order valence-corrected chi connectivity index (χ4v) is 2.49. The molecule has 0 unspecified atom stereocenters. The van der Waals surface area contributed by atoms with E-state index >= 15 is 0 Å². The standard InChI is InChI=1S/C15H15Br2NO/c1-19-10-12-4-2-3-5-15(12)18-9-11-6-7-13(16)14(17)8-11/h2-8,18H,9-10H2,1H3. The Morgan fingerprint density at radius 2 is 1.84 bits per heavy atom. The van der Waals surface area contributed by atoms with E-state index in [-0.39, 0.29) is 0 Å². The molecule has 0 amide bonds. The fraction of sp³-hybridized carbons (Fsp3) is 0.200. The van der Waals surface area contributed by atoms with Crippen molar-refractivity contribution in [2.75, 3.05) is 12.4 Å². The highest BCUT2D eigenvalue weighted by Crippen LogP contribution is 2.24. The zero-order chi connectivity index (χ0) is 13.7. The highest BCUT2D eigenvalue weighted by atomic mass is 79.9. The van der Waals surface area contributed by atoms with E-state index in [1.54, 1.807) is 7.11 Å². The first-order valence-electron chi connectivity index (χ1n) is 5.95. The molecule has 2 nitrogen and oxygen atoms in total. The van der Waals surface area contributed by atoms with E-state index in [1.165, 1.54) is 11.1 Å². The maximum absolute atomic E-state index is 5.20. The second kappa shape index (κ2) is 7.08. The second-order valence-corrected chi connectivity index (χ2v) is 5.90. The average molecular weight is 385 g/mol. The lowest BCUT2D eigenvalue weighted by atomic mass is 10.1. The zero-order valence-corrected chi connectivity index (χ0v) is 13.8. The minimum Gasteiger partial charge on any atom is -0.381 e. The Morgan fingerprint density at radius 1 is 1.05 bits per heavy atom. The fourth-order valence-electron chi connectivity index (χ4n) is 1.82. The van der Waals surface area contributed by atoms with Crippen LogP contribution >= 0.6 is 31.9 Å². The summed E-state index contributed by atoms with van der Waals surface area (Å²) in [4.78, 5) is 0. The first-order valence-corrected chi connectivity index (χ1v) is 7.54. The molecule has 0 aliphatic heterocycles.